The minimum absolute atomic E-state index is 0.329. The van der Waals surface area contributed by atoms with Crippen molar-refractivity contribution in [3.63, 3.8) is 0 Å². The zero-order chi connectivity index (χ0) is 15.4. The zero-order valence-corrected chi connectivity index (χ0v) is 12.5. The quantitative estimate of drug-likeness (QED) is 0.680. The molecule has 5 heteroatoms. The van der Waals surface area contributed by atoms with Gasteiger partial charge in [-0.05, 0) is 32.9 Å². The van der Waals surface area contributed by atoms with E-state index in [0.717, 1.165) is 17.0 Å². The highest BCUT2D eigenvalue weighted by atomic mass is 16.5. The molecule has 0 aliphatic carbocycles. The molecule has 1 unspecified atom stereocenters. The van der Waals surface area contributed by atoms with Crippen molar-refractivity contribution in [3.8, 4) is 0 Å². The molecule has 0 bridgehead atoms. The molecule has 21 heavy (non-hydrogen) atoms. The van der Waals surface area contributed by atoms with Gasteiger partial charge in [-0.15, -0.1) is 0 Å². The Kier molecular flexibility index (Phi) is 4.52. The molecule has 0 fully saturated rings. The number of hydrogen-bond acceptors (Lipinski definition) is 5. The number of aromatic nitrogens is 1. The predicted molar refractivity (Wildman–Crippen MR) is 81.8 cm³/mol. The molecule has 0 saturated carbocycles. The van der Waals surface area contributed by atoms with E-state index in [1.165, 1.54) is 0 Å². The summed E-state index contributed by atoms with van der Waals surface area (Å²) in [4.78, 5) is 21.0. The van der Waals surface area contributed by atoms with Crippen molar-refractivity contribution in [1.82, 2.24) is 10.3 Å². The molecule has 0 spiro atoms. The standard InChI is InChI=1S/C16H19N3O2/c1-5-21-16(20)13-11(4)18-15(19-14(13)10(2)3)12-8-6-7-9-17-12/h6-9,14H,2,5H2,1,3-4H3,(H,18,19). The third-order valence-electron chi connectivity index (χ3n) is 3.11. The molecule has 0 aromatic carbocycles. The van der Waals surface area contributed by atoms with Gasteiger partial charge in [0.25, 0.3) is 0 Å². The molecule has 0 saturated heterocycles. The summed E-state index contributed by atoms with van der Waals surface area (Å²) in [6, 6.07) is 5.18. The lowest BCUT2D eigenvalue weighted by Gasteiger charge is -2.25. The Morgan fingerprint density at radius 3 is 2.81 bits per heavy atom. The van der Waals surface area contributed by atoms with Crippen LogP contribution in [-0.4, -0.2) is 29.4 Å². The van der Waals surface area contributed by atoms with Crippen LogP contribution in [-0.2, 0) is 9.53 Å². The SMILES string of the molecule is C=C(C)C1N=C(c2ccccn2)NC(C)=C1C(=O)OCC. The molecule has 0 amide bonds. The fourth-order valence-corrected chi connectivity index (χ4v) is 2.14. The van der Waals surface area contributed by atoms with Gasteiger partial charge in [-0.1, -0.05) is 18.2 Å². The lowest BCUT2D eigenvalue weighted by Crippen LogP contribution is -2.36. The fourth-order valence-electron chi connectivity index (χ4n) is 2.14. The van der Waals surface area contributed by atoms with Crippen molar-refractivity contribution < 1.29 is 9.53 Å². The van der Waals surface area contributed by atoms with Gasteiger partial charge in [0.2, 0.25) is 0 Å². The van der Waals surface area contributed by atoms with Crippen LogP contribution in [0.5, 0.6) is 0 Å². The number of amidine groups is 1. The Bertz CT molecular complexity index is 618. The molecule has 0 radical (unpaired) electrons. The van der Waals surface area contributed by atoms with Gasteiger partial charge in [-0.3, -0.25) is 9.98 Å². The van der Waals surface area contributed by atoms with Crippen LogP contribution in [0, 0.1) is 0 Å². The Balaban J connectivity index is 2.39. The van der Waals surface area contributed by atoms with Crippen LogP contribution in [0.15, 0.2) is 52.8 Å². The molecule has 1 aliphatic rings. The number of nitrogens with zero attached hydrogens (tertiary/aromatic N) is 2. The van der Waals surface area contributed by atoms with Gasteiger partial charge in [0, 0.05) is 11.9 Å². The third kappa shape index (κ3) is 3.18. The second kappa shape index (κ2) is 6.35. The first-order valence-electron chi connectivity index (χ1n) is 6.84. The Labute approximate surface area is 124 Å². The van der Waals surface area contributed by atoms with Gasteiger partial charge in [0.05, 0.1) is 12.2 Å². The normalized spacial score (nSPS) is 17.9. The summed E-state index contributed by atoms with van der Waals surface area (Å²) >= 11 is 0. The number of carbonyl (C=O) groups is 1. The average molecular weight is 285 g/mol. The Morgan fingerprint density at radius 1 is 1.48 bits per heavy atom. The highest BCUT2D eigenvalue weighted by Gasteiger charge is 2.29. The van der Waals surface area contributed by atoms with Gasteiger partial charge in [0.1, 0.15) is 11.7 Å². The fraction of sp³-hybridized carbons (Fsp3) is 0.312. The maximum atomic E-state index is 12.1. The molecule has 1 aromatic rings. The Morgan fingerprint density at radius 2 is 2.24 bits per heavy atom. The summed E-state index contributed by atoms with van der Waals surface area (Å²) < 4.78 is 5.11. The summed E-state index contributed by atoms with van der Waals surface area (Å²) in [6.45, 7) is 9.73. The molecular formula is C16H19N3O2. The van der Waals surface area contributed by atoms with E-state index in [1.54, 1.807) is 13.1 Å². The molecule has 2 heterocycles. The maximum absolute atomic E-state index is 12.1. The first-order chi connectivity index (χ1) is 10.0. The number of ether oxygens (including phenoxy) is 1. The van der Waals surface area contributed by atoms with Crippen molar-refractivity contribution in [2.75, 3.05) is 6.61 Å². The molecular weight excluding hydrogens is 266 g/mol. The van der Waals surface area contributed by atoms with Crippen LogP contribution in [0.25, 0.3) is 0 Å². The van der Waals surface area contributed by atoms with E-state index in [4.69, 9.17) is 4.74 Å². The minimum atomic E-state index is -0.415. The zero-order valence-electron chi connectivity index (χ0n) is 12.5. The van der Waals surface area contributed by atoms with Crippen molar-refractivity contribution in [3.05, 3.63) is 53.5 Å². The monoisotopic (exact) mass is 285 g/mol. The van der Waals surface area contributed by atoms with Gasteiger partial charge in [0.15, 0.2) is 5.84 Å². The number of carbonyl (C=O) groups excluding carboxylic acids is 1. The second-order valence-electron chi connectivity index (χ2n) is 4.83. The van der Waals surface area contributed by atoms with Crippen LogP contribution >= 0.6 is 0 Å². The van der Waals surface area contributed by atoms with E-state index in [1.807, 2.05) is 32.0 Å². The van der Waals surface area contributed by atoms with Gasteiger partial charge in [-0.25, -0.2) is 4.79 Å². The lowest BCUT2D eigenvalue weighted by molar-refractivity contribution is -0.138. The van der Waals surface area contributed by atoms with E-state index in [-0.39, 0.29) is 5.97 Å². The summed E-state index contributed by atoms with van der Waals surface area (Å²) in [7, 11) is 0. The average Bonchev–Trinajstić information content (AvgIpc) is 2.47. The summed E-state index contributed by atoms with van der Waals surface area (Å²) in [5, 5.41) is 3.13. The predicted octanol–water partition coefficient (Wildman–Crippen LogP) is 2.21. The van der Waals surface area contributed by atoms with Crippen LogP contribution in [0.1, 0.15) is 26.5 Å². The van der Waals surface area contributed by atoms with E-state index >= 15 is 0 Å². The van der Waals surface area contributed by atoms with Crippen LogP contribution in [0.2, 0.25) is 0 Å². The first kappa shape index (κ1) is 15.0. The van der Waals surface area contributed by atoms with Crippen molar-refractivity contribution >= 4 is 11.8 Å². The van der Waals surface area contributed by atoms with E-state index in [0.29, 0.717) is 18.0 Å². The Hall–Kier alpha value is -2.43. The van der Waals surface area contributed by atoms with Crippen molar-refractivity contribution in [1.29, 1.82) is 0 Å². The number of pyridine rings is 1. The van der Waals surface area contributed by atoms with E-state index in [9.17, 15) is 4.79 Å². The molecule has 5 nitrogen and oxygen atoms in total. The number of aliphatic imine (C=N–C) groups is 1. The lowest BCUT2D eigenvalue weighted by atomic mass is 9.98. The highest BCUT2D eigenvalue weighted by molar-refractivity contribution is 6.02. The van der Waals surface area contributed by atoms with E-state index < -0.39 is 6.04 Å². The summed E-state index contributed by atoms with van der Waals surface area (Å²) in [5.41, 5.74) is 2.74. The molecule has 2 rings (SSSR count). The number of nitrogens with one attached hydrogen (secondary N) is 1. The molecule has 1 aliphatic heterocycles. The van der Waals surface area contributed by atoms with Gasteiger partial charge < -0.3 is 10.1 Å². The van der Waals surface area contributed by atoms with Crippen LogP contribution in [0.4, 0.5) is 0 Å². The molecule has 1 atom stereocenters. The van der Waals surface area contributed by atoms with Crippen LogP contribution in [0.3, 0.4) is 0 Å². The summed E-state index contributed by atoms with van der Waals surface area (Å²) in [5.74, 6) is 0.272. The number of rotatable bonds is 4. The molecule has 1 aromatic heterocycles. The van der Waals surface area contributed by atoms with Crippen molar-refractivity contribution in [2.24, 2.45) is 4.99 Å². The number of esters is 1. The topological polar surface area (TPSA) is 63.6 Å². The maximum Gasteiger partial charge on any atom is 0.338 e. The smallest absolute Gasteiger partial charge is 0.338 e. The second-order valence-corrected chi connectivity index (χ2v) is 4.83. The third-order valence-corrected chi connectivity index (χ3v) is 3.11. The molecule has 110 valence electrons. The highest BCUT2D eigenvalue weighted by Crippen LogP contribution is 2.23. The first-order valence-corrected chi connectivity index (χ1v) is 6.84. The number of allylic oxidation sites excluding steroid dienone is 1. The largest absolute Gasteiger partial charge is 0.463 e. The van der Waals surface area contributed by atoms with E-state index in [2.05, 4.69) is 21.9 Å². The van der Waals surface area contributed by atoms with Gasteiger partial charge >= 0.3 is 5.97 Å². The number of hydrogen-bond donors (Lipinski definition) is 1. The summed E-state index contributed by atoms with van der Waals surface area (Å²) in [6.07, 6.45) is 1.70. The minimum Gasteiger partial charge on any atom is -0.463 e. The molecule has 1 N–H and O–H groups in total. The van der Waals surface area contributed by atoms with Crippen molar-refractivity contribution in [2.45, 2.75) is 26.8 Å². The van der Waals surface area contributed by atoms with Gasteiger partial charge in [-0.2, -0.15) is 0 Å². The van der Waals surface area contributed by atoms with Crippen LogP contribution < -0.4 is 5.32 Å².